The number of rotatable bonds is 16. The third-order valence-corrected chi connectivity index (χ3v) is 11.9. The molecule has 5 N–H and O–H groups in total. The van der Waals surface area contributed by atoms with Gasteiger partial charge >= 0.3 is 5.97 Å². The van der Waals surface area contributed by atoms with Crippen LogP contribution in [-0.2, 0) is 51.8 Å². The lowest BCUT2D eigenvalue weighted by Crippen LogP contribution is -2.55. The molecule has 66 heavy (non-hydrogen) atoms. The summed E-state index contributed by atoms with van der Waals surface area (Å²) in [5.74, 6) is 0.0384. The number of ether oxygens (including phenoxy) is 3. The number of aliphatic hydroxyl groups is 1. The number of esters is 1. The molecule has 0 aliphatic carbocycles. The van der Waals surface area contributed by atoms with Crippen molar-refractivity contribution in [2.24, 2.45) is 0 Å². The number of allylic oxidation sites excluding steroid dienone is 1. The zero-order valence-corrected chi connectivity index (χ0v) is 37.8. The molecule has 2 aliphatic rings. The van der Waals surface area contributed by atoms with E-state index in [0.29, 0.717) is 55.5 Å². The lowest BCUT2D eigenvalue weighted by Gasteiger charge is -2.32. The predicted molar refractivity (Wildman–Crippen MR) is 256 cm³/mol. The Bertz CT molecular complexity index is 2450. The zero-order valence-electron chi connectivity index (χ0n) is 37.8. The van der Waals surface area contributed by atoms with Gasteiger partial charge in [-0.3, -0.25) is 9.59 Å². The lowest BCUT2D eigenvalue weighted by atomic mass is 9.95. The van der Waals surface area contributed by atoms with Crippen molar-refractivity contribution in [1.29, 1.82) is 0 Å². The minimum absolute atomic E-state index is 0.0825. The molecule has 2 aliphatic heterocycles. The topological polar surface area (TPSA) is 150 Å². The first-order chi connectivity index (χ1) is 32.0. The number of likely N-dealkylation sites (N-methyl/N-ethyl adjacent to an activating group) is 1. The van der Waals surface area contributed by atoms with Crippen LogP contribution in [0.25, 0.3) is 11.1 Å². The Morgan fingerprint density at radius 3 is 1.88 bits per heavy atom. The first-order valence-corrected chi connectivity index (χ1v) is 22.7. The molecule has 0 aromatic heterocycles. The average molecular weight is 892 g/mol. The number of carbonyl (C=O) groups excluding carboxylic acids is 3. The van der Waals surface area contributed by atoms with Crippen molar-refractivity contribution in [2.75, 3.05) is 20.1 Å². The van der Waals surface area contributed by atoms with Crippen LogP contribution in [0, 0.1) is 0 Å². The van der Waals surface area contributed by atoms with Gasteiger partial charge in [0.25, 0.3) is 0 Å². The van der Waals surface area contributed by atoms with Crippen molar-refractivity contribution in [3.8, 4) is 22.6 Å². The van der Waals surface area contributed by atoms with Crippen molar-refractivity contribution >= 4 is 17.8 Å². The highest BCUT2D eigenvalue weighted by Crippen LogP contribution is 2.34. The summed E-state index contributed by atoms with van der Waals surface area (Å²) in [5, 5.41) is 24.0. The van der Waals surface area contributed by atoms with Gasteiger partial charge in [-0.25, -0.2) is 4.79 Å². The molecular weight excluding hydrogens is 831 g/mol. The van der Waals surface area contributed by atoms with Crippen molar-refractivity contribution in [1.82, 2.24) is 26.2 Å². The Labute approximate surface area is 388 Å². The van der Waals surface area contributed by atoms with Crippen molar-refractivity contribution in [2.45, 2.75) is 89.1 Å². The number of carbonyl (C=O) groups is 3. The number of hydrogen-bond donors (Lipinski definition) is 5. The van der Waals surface area contributed by atoms with Gasteiger partial charge in [-0.15, -0.1) is 0 Å². The van der Waals surface area contributed by atoms with E-state index in [9.17, 15) is 14.7 Å². The van der Waals surface area contributed by atoms with Gasteiger partial charge in [0.1, 0.15) is 49.4 Å². The maximum absolute atomic E-state index is 15.1. The van der Waals surface area contributed by atoms with Gasteiger partial charge in [0, 0.05) is 43.7 Å². The van der Waals surface area contributed by atoms with Crippen molar-refractivity contribution < 1.29 is 33.7 Å². The summed E-state index contributed by atoms with van der Waals surface area (Å²) in [6, 6.07) is 37.7. The molecule has 0 spiro atoms. The van der Waals surface area contributed by atoms with E-state index in [2.05, 4.69) is 34.4 Å². The van der Waals surface area contributed by atoms with Gasteiger partial charge in [0.2, 0.25) is 11.8 Å². The highest BCUT2D eigenvalue weighted by Gasteiger charge is 2.39. The van der Waals surface area contributed by atoms with E-state index in [-0.39, 0.29) is 44.2 Å². The summed E-state index contributed by atoms with van der Waals surface area (Å²) < 4.78 is 18.8. The molecule has 1 fully saturated rings. The fraction of sp³-hybridized carbons (Fsp3) is 0.315. The van der Waals surface area contributed by atoms with E-state index < -0.39 is 36.2 Å². The molecule has 2 heterocycles. The second-order valence-corrected chi connectivity index (χ2v) is 17.1. The Balaban J connectivity index is 1.30. The van der Waals surface area contributed by atoms with Crippen molar-refractivity contribution in [3.63, 3.8) is 0 Å². The molecular formula is C54H61N5O7. The molecule has 344 valence electrons. The summed E-state index contributed by atoms with van der Waals surface area (Å²) in [7, 11) is 1.74. The summed E-state index contributed by atoms with van der Waals surface area (Å²) in [5.41, 5.74) is 6.98. The van der Waals surface area contributed by atoms with Crippen LogP contribution in [0.15, 0.2) is 152 Å². The molecule has 7 rings (SSSR count). The standard InChI is InChI=1S/C54H61N5O7/c1-36(2)56-47-29-43-27-41(22-24-50(43)64-33-38-15-8-5-9-16-38)42-23-25-51(65-34-39-17-10-6-11-18-39)44(28-42)30-48(57-37(3)46(58-52(47)61)31-45(60)32-55-4)53(62)59-26-14-21-49(59)54(63)66-35-40-19-12-7-13-20-40/h5-13,15-20,22-25,27-28,45-49,55-57,60H,1,3,14,21,26,29-35H2,2,4H3,(H,58,61)/t45-,46+,47?,48?,49?/m1/s1. The number of likely N-dealkylation sites (tertiary alicyclic amines) is 1. The van der Waals surface area contributed by atoms with Crippen LogP contribution >= 0.6 is 0 Å². The first kappa shape index (κ1) is 47.1. The molecule has 0 radical (unpaired) electrons. The normalized spacial score (nSPS) is 19.0. The third kappa shape index (κ3) is 12.7. The van der Waals surface area contributed by atoms with E-state index in [4.69, 9.17) is 14.2 Å². The van der Waals surface area contributed by atoms with Gasteiger partial charge in [-0.1, -0.05) is 116 Å². The van der Waals surface area contributed by atoms with Gasteiger partial charge in [0.15, 0.2) is 0 Å². The number of hydrogen-bond acceptors (Lipinski definition) is 10. The Kier molecular flexibility index (Phi) is 16.3. The first-order valence-electron chi connectivity index (χ1n) is 22.7. The highest BCUT2D eigenvalue weighted by atomic mass is 16.5. The molecule has 12 heteroatoms. The molecule has 1 saturated heterocycles. The van der Waals surface area contributed by atoms with Crippen LogP contribution in [-0.4, -0.2) is 78.2 Å². The number of nitrogens with one attached hydrogen (secondary N) is 4. The number of fused-ring (bicyclic) bond motifs is 5. The Morgan fingerprint density at radius 1 is 0.788 bits per heavy atom. The summed E-state index contributed by atoms with van der Waals surface area (Å²) in [4.78, 5) is 45.0. The molecule has 3 unspecified atom stereocenters. The SMILES string of the molecule is C=C(C)NC1Cc2cc(ccc2OCc2ccccc2)-c2ccc(OCc3ccccc3)c(c2)CC(C(=O)N2CCCC2C(=O)OCc2ccccc2)NC(=C)[C@H](C[C@@H](O)CNC)NC1=O. The van der Waals surface area contributed by atoms with E-state index in [1.165, 1.54) is 0 Å². The smallest absolute Gasteiger partial charge is 0.329 e. The number of aliphatic hydroxyl groups excluding tert-OH is 1. The van der Waals surface area contributed by atoms with E-state index in [1.807, 2.05) is 127 Å². The van der Waals surface area contributed by atoms with Gasteiger partial charge in [0.05, 0.1) is 12.1 Å². The fourth-order valence-electron chi connectivity index (χ4n) is 8.51. The van der Waals surface area contributed by atoms with Crippen LogP contribution in [0.2, 0.25) is 0 Å². The molecule has 2 amide bonds. The number of benzene rings is 5. The van der Waals surface area contributed by atoms with E-state index in [0.717, 1.165) is 38.9 Å². The minimum Gasteiger partial charge on any atom is -0.489 e. The maximum Gasteiger partial charge on any atom is 0.329 e. The maximum atomic E-state index is 15.1. The second kappa shape index (κ2) is 22.8. The average Bonchev–Trinajstić information content (AvgIpc) is 3.82. The van der Waals surface area contributed by atoms with Crippen molar-refractivity contribution in [3.05, 3.63) is 180 Å². The fourth-order valence-corrected chi connectivity index (χ4v) is 8.51. The van der Waals surface area contributed by atoms with Crippen LogP contribution in [0.5, 0.6) is 11.5 Å². The molecule has 4 bridgehead atoms. The van der Waals surface area contributed by atoms with Gasteiger partial charge in [-0.2, -0.15) is 0 Å². The second-order valence-electron chi connectivity index (χ2n) is 17.1. The molecule has 0 saturated carbocycles. The van der Waals surface area contributed by atoms with Crippen LogP contribution in [0.1, 0.15) is 54.0 Å². The number of nitrogens with zero attached hydrogens (tertiary/aromatic N) is 1. The monoisotopic (exact) mass is 891 g/mol. The molecule has 5 aromatic rings. The third-order valence-electron chi connectivity index (χ3n) is 11.9. The predicted octanol–water partition coefficient (Wildman–Crippen LogP) is 6.76. The van der Waals surface area contributed by atoms with E-state index >= 15 is 4.79 Å². The zero-order chi connectivity index (χ0) is 46.4. The minimum atomic E-state index is -0.978. The molecule has 12 nitrogen and oxygen atoms in total. The van der Waals surface area contributed by atoms with Crippen LogP contribution in [0.4, 0.5) is 0 Å². The quantitative estimate of drug-likeness (QED) is 0.0673. The summed E-state index contributed by atoms with van der Waals surface area (Å²) >= 11 is 0. The lowest BCUT2D eigenvalue weighted by molar-refractivity contribution is -0.155. The van der Waals surface area contributed by atoms with E-state index in [1.54, 1.807) is 18.9 Å². The summed E-state index contributed by atoms with van der Waals surface area (Å²) in [6.45, 7) is 11.6. The molecule has 5 aromatic carbocycles. The number of amides is 2. The summed E-state index contributed by atoms with van der Waals surface area (Å²) in [6.07, 6.45) is 0.625. The highest BCUT2D eigenvalue weighted by molar-refractivity contribution is 5.89. The van der Waals surface area contributed by atoms with Gasteiger partial charge in [-0.05, 0) is 90.0 Å². The Hall–Kier alpha value is -6.89. The van der Waals surface area contributed by atoms with Crippen LogP contribution < -0.4 is 30.7 Å². The molecule has 5 atom stereocenters. The largest absolute Gasteiger partial charge is 0.489 e. The van der Waals surface area contributed by atoms with Gasteiger partial charge < -0.3 is 45.5 Å². The Morgan fingerprint density at radius 2 is 1.33 bits per heavy atom. The van der Waals surface area contributed by atoms with Crippen LogP contribution in [0.3, 0.4) is 0 Å².